The summed E-state index contributed by atoms with van der Waals surface area (Å²) < 4.78 is 0. The Morgan fingerprint density at radius 1 is 1.33 bits per heavy atom. The molecule has 2 rings (SSSR count). The van der Waals surface area contributed by atoms with Gasteiger partial charge in [0.05, 0.1) is 4.92 Å². The molecule has 0 saturated carbocycles. The number of hydrogen-bond donors (Lipinski definition) is 1. The highest BCUT2D eigenvalue weighted by Gasteiger charge is 2.18. The largest absolute Gasteiger partial charge is 0.306 e. The van der Waals surface area contributed by atoms with Crippen LogP contribution in [0.5, 0.6) is 0 Å². The van der Waals surface area contributed by atoms with E-state index in [0.717, 1.165) is 0 Å². The molecular formula is C12H8Cl2N4O3. The van der Waals surface area contributed by atoms with E-state index in [4.69, 9.17) is 23.2 Å². The van der Waals surface area contributed by atoms with Gasteiger partial charge in [0.25, 0.3) is 11.6 Å². The monoisotopic (exact) mass is 326 g/mol. The van der Waals surface area contributed by atoms with Crippen molar-refractivity contribution in [2.45, 2.75) is 6.92 Å². The van der Waals surface area contributed by atoms with Crippen molar-refractivity contribution in [3.8, 4) is 0 Å². The summed E-state index contributed by atoms with van der Waals surface area (Å²) in [6.07, 6.45) is 0. The predicted molar refractivity (Wildman–Crippen MR) is 77.8 cm³/mol. The maximum absolute atomic E-state index is 12.2. The first-order chi connectivity index (χ1) is 9.88. The van der Waals surface area contributed by atoms with Crippen LogP contribution in [0.1, 0.15) is 15.9 Å². The molecule has 7 nitrogen and oxygen atoms in total. The van der Waals surface area contributed by atoms with Gasteiger partial charge in [-0.05, 0) is 24.6 Å². The standard InChI is InChI=1S/C12H8Cl2N4O3/c1-6-7(3-2-4-8(6)18(20)21)11(19)16-10-5-9(13)15-12(14)17-10/h2-5H,1H3,(H,15,16,17,19). The highest BCUT2D eigenvalue weighted by atomic mass is 35.5. The normalized spacial score (nSPS) is 10.2. The van der Waals surface area contributed by atoms with Gasteiger partial charge >= 0.3 is 0 Å². The van der Waals surface area contributed by atoms with E-state index in [-0.39, 0.29) is 33.1 Å². The number of nitrogens with one attached hydrogen (secondary N) is 1. The zero-order valence-electron chi connectivity index (χ0n) is 10.6. The summed E-state index contributed by atoms with van der Waals surface area (Å²) in [5, 5.41) is 13.3. The van der Waals surface area contributed by atoms with Crippen molar-refractivity contribution < 1.29 is 9.72 Å². The van der Waals surface area contributed by atoms with Crippen LogP contribution in [0, 0.1) is 17.0 Å². The predicted octanol–water partition coefficient (Wildman–Crippen LogP) is 3.25. The van der Waals surface area contributed by atoms with Gasteiger partial charge in [-0.1, -0.05) is 17.7 Å². The Morgan fingerprint density at radius 2 is 2.05 bits per heavy atom. The molecular weight excluding hydrogens is 319 g/mol. The van der Waals surface area contributed by atoms with Gasteiger partial charge in [-0.2, -0.15) is 0 Å². The summed E-state index contributed by atoms with van der Waals surface area (Å²) in [6.45, 7) is 1.49. The molecule has 0 spiro atoms. The van der Waals surface area contributed by atoms with Crippen molar-refractivity contribution in [3.63, 3.8) is 0 Å². The third kappa shape index (κ3) is 3.45. The van der Waals surface area contributed by atoms with Gasteiger partial charge in [0.2, 0.25) is 5.28 Å². The molecule has 0 aliphatic carbocycles. The number of anilines is 1. The van der Waals surface area contributed by atoms with Crippen LogP contribution in [0.15, 0.2) is 24.3 Å². The molecule has 0 atom stereocenters. The third-order valence-electron chi connectivity index (χ3n) is 2.66. The lowest BCUT2D eigenvalue weighted by atomic mass is 10.1. The van der Waals surface area contributed by atoms with Gasteiger partial charge in [0, 0.05) is 23.3 Å². The number of carbonyl (C=O) groups is 1. The van der Waals surface area contributed by atoms with Crippen LogP contribution in [-0.4, -0.2) is 20.8 Å². The number of carbonyl (C=O) groups excluding carboxylic acids is 1. The van der Waals surface area contributed by atoms with Gasteiger partial charge in [-0.3, -0.25) is 14.9 Å². The first-order valence-corrected chi connectivity index (χ1v) is 6.39. The minimum absolute atomic E-state index is 0.0704. The summed E-state index contributed by atoms with van der Waals surface area (Å²) in [6, 6.07) is 5.55. The number of hydrogen-bond acceptors (Lipinski definition) is 5. The Hall–Kier alpha value is -2.25. The van der Waals surface area contributed by atoms with Gasteiger partial charge in [0.1, 0.15) is 11.0 Å². The molecule has 0 aliphatic rings. The van der Waals surface area contributed by atoms with E-state index in [0.29, 0.717) is 0 Å². The van der Waals surface area contributed by atoms with Gasteiger partial charge < -0.3 is 5.32 Å². The number of nitro groups is 1. The van der Waals surface area contributed by atoms with Crippen LogP contribution in [-0.2, 0) is 0 Å². The number of nitrogens with zero attached hydrogens (tertiary/aromatic N) is 3. The zero-order valence-corrected chi connectivity index (χ0v) is 12.1. The number of nitro benzene ring substituents is 1. The fourth-order valence-electron chi connectivity index (χ4n) is 1.70. The number of benzene rings is 1. The second-order valence-electron chi connectivity index (χ2n) is 4.01. The zero-order chi connectivity index (χ0) is 15.6. The molecule has 0 unspecified atom stereocenters. The van der Waals surface area contributed by atoms with E-state index in [1.54, 1.807) is 0 Å². The Balaban J connectivity index is 2.33. The van der Waals surface area contributed by atoms with Crippen molar-refractivity contribution in [1.29, 1.82) is 0 Å². The average molecular weight is 327 g/mol. The van der Waals surface area contributed by atoms with E-state index < -0.39 is 10.8 Å². The quantitative estimate of drug-likeness (QED) is 0.404. The Labute approximate surface area is 129 Å². The van der Waals surface area contributed by atoms with Crippen molar-refractivity contribution in [1.82, 2.24) is 9.97 Å². The molecule has 1 amide bonds. The Morgan fingerprint density at radius 3 is 2.67 bits per heavy atom. The molecule has 9 heteroatoms. The van der Waals surface area contributed by atoms with E-state index in [1.165, 1.54) is 31.2 Å². The minimum Gasteiger partial charge on any atom is -0.306 e. The second-order valence-corrected chi connectivity index (χ2v) is 4.73. The first-order valence-electron chi connectivity index (χ1n) is 5.64. The molecule has 0 radical (unpaired) electrons. The summed E-state index contributed by atoms with van der Waals surface area (Å²) in [5.74, 6) is -0.446. The van der Waals surface area contributed by atoms with Crippen LogP contribution in [0.2, 0.25) is 10.4 Å². The van der Waals surface area contributed by atoms with Gasteiger partial charge in [0.15, 0.2) is 0 Å². The third-order valence-corrected chi connectivity index (χ3v) is 3.02. The Kier molecular flexibility index (Phi) is 4.35. The lowest BCUT2D eigenvalue weighted by Crippen LogP contribution is -2.15. The summed E-state index contributed by atoms with van der Waals surface area (Å²) in [5.41, 5.74) is 0.280. The van der Waals surface area contributed by atoms with Gasteiger partial charge in [-0.15, -0.1) is 0 Å². The first kappa shape index (κ1) is 15.1. The minimum atomic E-state index is -0.554. The van der Waals surface area contributed by atoms with E-state index in [9.17, 15) is 14.9 Å². The van der Waals surface area contributed by atoms with Crippen LogP contribution in [0.4, 0.5) is 11.5 Å². The smallest absolute Gasteiger partial charge is 0.273 e. The molecule has 1 heterocycles. The van der Waals surface area contributed by atoms with E-state index in [1.807, 2.05) is 0 Å². The molecule has 0 fully saturated rings. The molecule has 0 aliphatic heterocycles. The van der Waals surface area contributed by atoms with Crippen LogP contribution in [0.3, 0.4) is 0 Å². The molecule has 21 heavy (non-hydrogen) atoms. The molecule has 1 aromatic heterocycles. The molecule has 1 aromatic carbocycles. The number of amides is 1. The fourth-order valence-corrected chi connectivity index (χ4v) is 2.11. The Bertz CT molecular complexity index is 716. The number of halogens is 2. The van der Waals surface area contributed by atoms with Gasteiger partial charge in [-0.25, -0.2) is 9.97 Å². The number of rotatable bonds is 3. The van der Waals surface area contributed by atoms with Crippen molar-refractivity contribution >= 4 is 40.6 Å². The highest BCUT2D eigenvalue weighted by molar-refractivity contribution is 6.32. The van der Waals surface area contributed by atoms with Crippen molar-refractivity contribution in [2.24, 2.45) is 0 Å². The molecule has 0 saturated heterocycles. The second kappa shape index (κ2) is 6.02. The SMILES string of the molecule is Cc1c(C(=O)Nc2cc(Cl)nc(Cl)n2)cccc1[N+](=O)[O-]. The maximum atomic E-state index is 12.2. The lowest BCUT2D eigenvalue weighted by Gasteiger charge is -2.07. The summed E-state index contributed by atoms with van der Waals surface area (Å²) in [4.78, 5) is 29.9. The maximum Gasteiger partial charge on any atom is 0.273 e. The van der Waals surface area contributed by atoms with E-state index >= 15 is 0 Å². The fraction of sp³-hybridized carbons (Fsp3) is 0.0833. The van der Waals surface area contributed by atoms with Crippen LogP contribution >= 0.6 is 23.2 Å². The lowest BCUT2D eigenvalue weighted by molar-refractivity contribution is -0.385. The molecule has 1 N–H and O–H groups in total. The van der Waals surface area contributed by atoms with E-state index in [2.05, 4.69) is 15.3 Å². The highest BCUT2D eigenvalue weighted by Crippen LogP contribution is 2.22. The molecule has 2 aromatic rings. The topological polar surface area (TPSA) is 98.0 Å². The van der Waals surface area contributed by atoms with Crippen LogP contribution < -0.4 is 5.32 Å². The van der Waals surface area contributed by atoms with Crippen molar-refractivity contribution in [2.75, 3.05) is 5.32 Å². The molecule has 108 valence electrons. The average Bonchev–Trinajstić information content (AvgIpc) is 2.37. The summed E-state index contributed by atoms with van der Waals surface area (Å²) in [7, 11) is 0. The molecule has 0 bridgehead atoms. The number of aromatic nitrogens is 2. The van der Waals surface area contributed by atoms with Crippen LogP contribution in [0.25, 0.3) is 0 Å². The summed E-state index contributed by atoms with van der Waals surface area (Å²) >= 11 is 11.3. The van der Waals surface area contributed by atoms with Crippen molar-refractivity contribution in [3.05, 3.63) is 55.9 Å².